The number of nitrogens with one attached hydrogen (secondary N) is 2. The average molecular weight is 638 g/mol. The number of nitrogens with zero attached hydrogens (tertiary/aromatic N) is 1. The Kier molecular flexibility index (Phi) is 9.35. The van der Waals surface area contributed by atoms with Crippen LogP contribution in [0.25, 0.3) is 6.08 Å². The van der Waals surface area contributed by atoms with Crippen molar-refractivity contribution in [2.75, 3.05) is 17.2 Å². The van der Waals surface area contributed by atoms with Crippen LogP contribution >= 0.6 is 55.1 Å². The van der Waals surface area contributed by atoms with Gasteiger partial charge in [0.25, 0.3) is 11.8 Å². The molecule has 0 bridgehead atoms. The second-order valence-corrected chi connectivity index (χ2v) is 9.80. The van der Waals surface area contributed by atoms with Crippen molar-refractivity contribution in [3.63, 3.8) is 0 Å². The van der Waals surface area contributed by atoms with E-state index in [0.717, 1.165) is 5.56 Å². The number of hydrogen-bond donors (Lipinski definition) is 2. The summed E-state index contributed by atoms with van der Waals surface area (Å²) in [5, 5.41) is 15.9. The Labute approximate surface area is 229 Å². The molecule has 0 heterocycles. The van der Waals surface area contributed by atoms with Gasteiger partial charge in [0.15, 0.2) is 6.61 Å². The smallest absolute Gasteiger partial charge is 0.266 e. The first-order valence-corrected chi connectivity index (χ1v) is 12.4. The second kappa shape index (κ2) is 12.2. The molecule has 10 heteroatoms. The molecule has 178 valence electrons. The highest BCUT2D eigenvalue weighted by atomic mass is 79.9. The lowest BCUT2D eigenvalue weighted by Crippen LogP contribution is -2.20. The molecule has 3 aromatic rings. The monoisotopic (exact) mass is 635 g/mol. The van der Waals surface area contributed by atoms with Crippen LogP contribution in [0.15, 0.2) is 69.1 Å². The van der Waals surface area contributed by atoms with E-state index >= 15 is 0 Å². The van der Waals surface area contributed by atoms with Crippen molar-refractivity contribution >= 4 is 84.3 Å². The van der Waals surface area contributed by atoms with Crippen LogP contribution in [0.3, 0.4) is 0 Å². The molecule has 35 heavy (non-hydrogen) atoms. The van der Waals surface area contributed by atoms with Crippen molar-refractivity contribution in [2.45, 2.75) is 6.92 Å². The summed E-state index contributed by atoms with van der Waals surface area (Å²) in [5.41, 5.74) is 2.40. The zero-order valence-electron chi connectivity index (χ0n) is 18.2. The van der Waals surface area contributed by atoms with Crippen molar-refractivity contribution < 1.29 is 14.3 Å². The van der Waals surface area contributed by atoms with E-state index in [1.165, 1.54) is 6.08 Å². The van der Waals surface area contributed by atoms with E-state index in [1.807, 2.05) is 19.1 Å². The quantitative estimate of drug-likeness (QED) is 0.209. The van der Waals surface area contributed by atoms with Gasteiger partial charge in [-0.05, 0) is 98.5 Å². The summed E-state index contributed by atoms with van der Waals surface area (Å²) in [6, 6.07) is 17.1. The molecule has 0 saturated heterocycles. The maximum atomic E-state index is 12.5. The lowest BCUT2D eigenvalue weighted by molar-refractivity contribution is -0.118. The van der Waals surface area contributed by atoms with Gasteiger partial charge in [0, 0.05) is 21.4 Å². The Bertz CT molecular complexity index is 1350. The molecule has 0 atom stereocenters. The molecule has 3 rings (SSSR count). The van der Waals surface area contributed by atoms with Gasteiger partial charge in [0.1, 0.15) is 17.4 Å². The van der Waals surface area contributed by atoms with Crippen LogP contribution in [0, 0.1) is 18.3 Å². The van der Waals surface area contributed by atoms with Crippen molar-refractivity contribution in [2.24, 2.45) is 0 Å². The zero-order chi connectivity index (χ0) is 25.5. The zero-order valence-corrected chi connectivity index (χ0v) is 22.8. The van der Waals surface area contributed by atoms with E-state index in [4.69, 9.17) is 27.9 Å². The van der Waals surface area contributed by atoms with Crippen LogP contribution < -0.4 is 15.4 Å². The number of rotatable bonds is 7. The summed E-state index contributed by atoms with van der Waals surface area (Å²) in [4.78, 5) is 24.8. The van der Waals surface area contributed by atoms with Gasteiger partial charge in [0.2, 0.25) is 0 Å². The predicted octanol–water partition coefficient (Wildman–Crippen LogP) is 7.39. The van der Waals surface area contributed by atoms with Crippen LogP contribution in [0.5, 0.6) is 5.75 Å². The van der Waals surface area contributed by atoms with E-state index in [0.29, 0.717) is 41.7 Å². The number of amides is 2. The molecule has 0 radical (unpaired) electrons. The van der Waals surface area contributed by atoms with Crippen molar-refractivity contribution in [3.05, 3.63) is 90.3 Å². The first-order chi connectivity index (χ1) is 16.7. The fourth-order valence-electron chi connectivity index (χ4n) is 2.89. The molecule has 2 amide bonds. The Morgan fingerprint density at radius 2 is 1.71 bits per heavy atom. The standard InChI is InChI=1S/C25H17Br2Cl2N3O3/c1-14-5-6-19(11-22(14)29)31-23(33)13-35-24-20(26)8-15(9-21(24)27)7-16(12-30)25(34)32-18-4-2-3-17(28)10-18/h2-11H,13H2,1H3,(H,31,33)(H,32,34)/b16-7-. The van der Waals surface area contributed by atoms with E-state index in [9.17, 15) is 14.9 Å². The summed E-state index contributed by atoms with van der Waals surface area (Å²) in [5.74, 6) is -0.548. The third-order valence-electron chi connectivity index (χ3n) is 4.58. The first-order valence-electron chi connectivity index (χ1n) is 10.0. The third-order valence-corrected chi connectivity index (χ3v) is 6.40. The van der Waals surface area contributed by atoms with Gasteiger partial charge < -0.3 is 15.4 Å². The Morgan fingerprint density at radius 1 is 1.03 bits per heavy atom. The predicted molar refractivity (Wildman–Crippen MR) is 146 cm³/mol. The Hall–Kier alpha value is -2.83. The van der Waals surface area contributed by atoms with Crippen LogP contribution in [-0.4, -0.2) is 18.4 Å². The van der Waals surface area contributed by atoms with Crippen LogP contribution in [-0.2, 0) is 9.59 Å². The highest BCUT2D eigenvalue weighted by Gasteiger charge is 2.14. The maximum Gasteiger partial charge on any atom is 0.266 e. The molecular formula is C25H17Br2Cl2N3O3. The minimum Gasteiger partial charge on any atom is -0.481 e. The van der Waals surface area contributed by atoms with E-state index in [2.05, 4.69) is 42.5 Å². The van der Waals surface area contributed by atoms with Crippen molar-refractivity contribution in [3.8, 4) is 11.8 Å². The molecule has 0 saturated carbocycles. The van der Waals surface area contributed by atoms with Crippen LogP contribution in [0.1, 0.15) is 11.1 Å². The number of anilines is 2. The molecule has 3 aromatic carbocycles. The van der Waals surface area contributed by atoms with E-state index in [-0.39, 0.29) is 18.1 Å². The lowest BCUT2D eigenvalue weighted by Gasteiger charge is -2.12. The van der Waals surface area contributed by atoms with Gasteiger partial charge in [-0.1, -0.05) is 35.3 Å². The van der Waals surface area contributed by atoms with Crippen LogP contribution in [0.2, 0.25) is 10.0 Å². The van der Waals surface area contributed by atoms with E-state index < -0.39 is 5.91 Å². The summed E-state index contributed by atoms with van der Waals surface area (Å²) < 4.78 is 6.71. The molecule has 0 aliphatic rings. The van der Waals surface area contributed by atoms with Gasteiger partial charge in [0.05, 0.1) is 8.95 Å². The molecule has 0 unspecified atom stereocenters. The summed E-state index contributed by atoms with van der Waals surface area (Å²) in [7, 11) is 0. The molecular weight excluding hydrogens is 621 g/mol. The van der Waals surface area contributed by atoms with Crippen molar-refractivity contribution in [1.82, 2.24) is 0 Å². The first kappa shape index (κ1) is 26.8. The number of halogens is 4. The highest BCUT2D eigenvalue weighted by Crippen LogP contribution is 2.35. The fraction of sp³-hybridized carbons (Fsp3) is 0.0800. The topological polar surface area (TPSA) is 91.2 Å². The van der Waals surface area contributed by atoms with Crippen molar-refractivity contribution in [1.29, 1.82) is 5.26 Å². The number of aryl methyl sites for hydroxylation is 1. The lowest BCUT2D eigenvalue weighted by atomic mass is 10.1. The summed E-state index contributed by atoms with van der Waals surface area (Å²) >= 11 is 18.8. The largest absolute Gasteiger partial charge is 0.481 e. The minimum absolute atomic E-state index is 0.103. The normalized spacial score (nSPS) is 10.9. The van der Waals surface area contributed by atoms with E-state index in [1.54, 1.807) is 48.5 Å². The van der Waals surface area contributed by atoms with Crippen LogP contribution in [0.4, 0.5) is 11.4 Å². The number of benzene rings is 3. The fourth-order valence-corrected chi connectivity index (χ4v) is 4.71. The number of carbonyl (C=O) groups is 2. The molecule has 0 spiro atoms. The SMILES string of the molecule is Cc1ccc(NC(=O)COc2c(Br)cc(/C=C(/C#N)C(=O)Nc3cccc(Cl)c3)cc2Br)cc1Cl. The molecule has 6 nitrogen and oxygen atoms in total. The molecule has 0 aliphatic heterocycles. The summed E-state index contributed by atoms with van der Waals surface area (Å²) in [6.45, 7) is 1.62. The number of carbonyl (C=O) groups excluding carboxylic acids is 2. The number of ether oxygens (including phenoxy) is 1. The Morgan fingerprint density at radius 3 is 2.34 bits per heavy atom. The van der Waals surface area contributed by atoms with Gasteiger partial charge in [-0.25, -0.2) is 0 Å². The maximum absolute atomic E-state index is 12.5. The average Bonchev–Trinajstić information content (AvgIpc) is 2.79. The van der Waals surface area contributed by atoms with Gasteiger partial charge in [-0.15, -0.1) is 0 Å². The Balaban J connectivity index is 1.69. The van der Waals surface area contributed by atoms with Gasteiger partial charge in [-0.3, -0.25) is 9.59 Å². The number of hydrogen-bond acceptors (Lipinski definition) is 4. The highest BCUT2D eigenvalue weighted by molar-refractivity contribution is 9.11. The summed E-state index contributed by atoms with van der Waals surface area (Å²) in [6.07, 6.45) is 1.44. The molecule has 0 fully saturated rings. The second-order valence-electron chi connectivity index (χ2n) is 7.25. The van der Waals surface area contributed by atoms with Gasteiger partial charge in [-0.2, -0.15) is 5.26 Å². The molecule has 2 N–H and O–H groups in total. The third kappa shape index (κ3) is 7.58. The molecule has 0 aliphatic carbocycles. The molecule has 0 aromatic heterocycles. The number of nitriles is 1. The minimum atomic E-state index is -0.574. The van der Waals surface area contributed by atoms with Gasteiger partial charge >= 0.3 is 0 Å².